The van der Waals surface area contributed by atoms with E-state index in [0.717, 1.165) is 23.0 Å². The van der Waals surface area contributed by atoms with Crippen molar-refractivity contribution >= 4 is 44.6 Å². The van der Waals surface area contributed by atoms with Gasteiger partial charge in [0.2, 0.25) is 10.0 Å². The van der Waals surface area contributed by atoms with Crippen molar-refractivity contribution in [3.8, 4) is 0 Å². The number of hydrogen-bond acceptors (Lipinski definition) is 6. The van der Waals surface area contributed by atoms with Gasteiger partial charge in [0.15, 0.2) is 0 Å². The molecular formula is C25H28ClN3O6S. The van der Waals surface area contributed by atoms with Crippen LogP contribution in [0, 0.1) is 0 Å². The molecule has 2 heterocycles. The normalized spacial score (nSPS) is 16.5. The second-order valence-corrected chi connectivity index (χ2v) is 11.0. The van der Waals surface area contributed by atoms with Crippen LogP contribution < -0.4 is 0 Å². The minimum atomic E-state index is -4.02. The van der Waals surface area contributed by atoms with E-state index in [4.69, 9.17) is 21.3 Å². The molecule has 11 heteroatoms. The van der Waals surface area contributed by atoms with Crippen molar-refractivity contribution in [3.63, 3.8) is 0 Å². The molecule has 1 fully saturated rings. The number of fused-ring (bicyclic) bond motifs is 1. The van der Waals surface area contributed by atoms with E-state index in [2.05, 4.69) is 6.92 Å². The Bertz CT molecular complexity index is 1420. The molecule has 0 saturated carbocycles. The van der Waals surface area contributed by atoms with Crippen LogP contribution in [0.25, 0.3) is 11.0 Å². The summed E-state index contributed by atoms with van der Waals surface area (Å²) in [5.74, 6) is -0.848. The molecule has 1 saturated heterocycles. The largest absolute Gasteiger partial charge is 0.480 e. The number of para-hydroxylation sites is 1. The Kier molecular flexibility index (Phi) is 7.67. The summed E-state index contributed by atoms with van der Waals surface area (Å²) in [4.78, 5) is 28.7. The van der Waals surface area contributed by atoms with E-state index in [9.17, 15) is 23.1 Å². The summed E-state index contributed by atoms with van der Waals surface area (Å²) in [6.07, 6.45) is 3.33. The maximum absolute atomic E-state index is 13.2. The fraction of sp³-hybridized carbons (Fsp3) is 0.400. The number of carbonyl (C=O) groups excluding carboxylic acids is 1. The number of aryl methyl sites for hydroxylation is 1. The molecule has 0 spiro atoms. The molecule has 1 aliphatic heterocycles. The Morgan fingerprint density at radius 2 is 2.03 bits per heavy atom. The second kappa shape index (κ2) is 10.6. The quantitative estimate of drug-likeness (QED) is 0.411. The number of hydrogen-bond donors (Lipinski definition) is 1. The zero-order valence-corrected chi connectivity index (χ0v) is 21.7. The predicted molar refractivity (Wildman–Crippen MR) is 135 cm³/mol. The van der Waals surface area contributed by atoms with Crippen molar-refractivity contribution in [2.24, 2.45) is 0 Å². The number of nitrogens with zero attached hydrogens (tertiary/aromatic N) is 3. The van der Waals surface area contributed by atoms with Gasteiger partial charge in [-0.1, -0.05) is 37.1 Å². The highest BCUT2D eigenvalue weighted by Crippen LogP contribution is 2.31. The molecule has 0 amide bonds. The van der Waals surface area contributed by atoms with Gasteiger partial charge in [-0.05, 0) is 49.1 Å². The van der Waals surface area contributed by atoms with Crippen LogP contribution in [0.2, 0.25) is 5.02 Å². The van der Waals surface area contributed by atoms with Gasteiger partial charge in [-0.25, -0.2) is 18.2 Å². The van der Waals surface area contributed by atoms with E-state index < -0.39 is 28.0 Å². The summed E-state index contributed by atoms with van der Waals surface area (Å²) in [6.45, 7) is 2.50. The monoisotopic (exact) mass is 533 g/mol. The summed E-state index contributed by atoms with van der Waals surface area (Å²) in [5.41, 5.74) is 2.32. The molecule has 0 aliphatic carbocycles. The maximum Gasteiger partial charge on any atom is 0.340 e. The lowest BCUT2D eigenvalue weighted by Crippen LogP contribution is -2.40. The smallest absolute Gasteiger partial charge is 0.340 e. The van der Waals surface area contributed by atoms with Crippen molar-refractivity contribution in [3.05, 3.63) is 58.4 Å². The minimum Gasteiger partial charge on any atom is -0.480 e. The van der Waals surface area contributed by atoms with Crippen molar-refractivity contribution in [2.45, 2.75) is 56.5 Å². The van der Waals surface area contributed by atoms with Crippen LogP contribution in [0.3, 0.4) is 0 Å². The number of esters is 1. The first-order valence-electron chi connectivity index (χ1n) is 11.8. The zero-order chi connectivity index (χ0) is 26.0. The molecule has 1 unspecified atom stereocenters. The third kappa shape index (κ3) is 4.85. The number of halogens is 1. The average Bonchev–Trinajstić information content (AvgIpc) is 3.49. The Hall–Kier alpha value is -2.95. The molecule has 1 N–H and O–H groups in total. The maximum atomic E-state index is 13.2. The number of aromatic nitrogens is 2. The molecular weight excluding hydrogens is 506 g/mol. The SMILES string of the molecule is CCCCc1nc2cccc(C(=O)OC)c2n1Cc1ccc(S(=O)(=O)N2CCCC2C(=O)O)cc1Cl. The van der Waals surface area contributed by atoms with Crippen LogP contribution in [0.15, 0.2) is 41.3 Å². The molecule has 2 aromatic carbocycles. The molecule has 192 valence electrons. The minimum absolute atomic E-state index is 0.0543. The van der Waals surface area contributed by atoms with Crippen LogP contribution in [-0.4, -0.2) is 59.0 Å². The molecule has 1 aromatic heterocycles. The number of benzene rings is 2. The summed E-state index contributed by atoms with van der Waals surface area (Å²) in [5, 5.41) is 9.64. The number of rotatable bonds is 9. The molecule has 1 aliphatic rings. The number of imidazole rings is 1. The van der Waals surface area contributed by atoms with Gasteiger partial charge in [0.1, 0.15) is 11.9 Å². The molecule has 3 aromatic rings. The highest BCUT2D eigenvalue weighted by Gasteiger charge is 2.39. The number of ether oxygens (including phenoxy) is 1. The number of carbonyl (C=O) groups is 2. The molecule has 0 radical (unpaired) electrons. The fourth-order valence-electron chi connectivity index (χ4n) is 4.60. The van der Waals surface area contributed by atoms with Crippen molar-refractivity contribution in [1.82, 2.24) is 13.9 Å². The molecule has 36 heavy (non-hydrogen) atoms. The van der Waals surface area contributed by atoms with Gasteiger partial charge >= 0.3 is 11.9 Å². The Morgan fingerprint density at radius 3 is 2.69 bits per heavy atom. The highest BCUT2D eigenvalue weighted by atomic mass is 35.5. The van der Waals surface area contributed by atoms with Gasteiger partial charge in [0.25, 0.3) is 0 Å². The molecule has 4 rings (SSSR count). The van der Waals surface area contributed by atoms with Crippen molar-refractivity contribution < 1.29 is 27.9 Å². The van der Waals surface area contributed by atoms with Gasteiger partial charge in [0.05, 0.1) is 35.1 Å². The van der Waals surface area contributed by atoms with Crippen LogP contribution in [-0.2, 0) is 32.5 Å². The van der Waals surface area contributed by atoms with Gasteiger partial charge in [-0.15, -0.1) is 0 Å². The Labute approximate surface area is 214 Å². The fourth-order valence-corrected chi connectivity index (χ4v) is 6.58. The summed E-state index contributed by atoms with van der Waals surface area (Å²) in [6, 6.07) is 8.61. The third-order valence-electron chi connectivity index (χ3n) is 6.45. The third-order valence-corrected chi connectivity index (χ3v) is 8.71. The van der Waals surface area contributed by atoms with E-state index in [0.29, 0.717) is 35.0 Å². The van der Waals surface area contributed by atoms with Gasteiger partial charge in [0, 0.05) is 18.0 Å². The molecule has 9 nitrogen and oxygen atoms in total. The highest BCUT2D eigenvalue weighted by molar-refractivity contribution is 7.89. The van der Waals surface area contributed by atoms with Gasteiger partial charge < -0.3 is 14.4 Å². The van der Waals surface area contributed by atoms with E-state index in [1.807, 2.05) is 10.6 Å². The average molecular weight is 534 g/mol. The summed E-state index contributed by atoms with van der Waals surface area (Å²) >= 11 is 6.57. The lowest BCUT2D eigenvalue weighted by Gasteiger charge is -2.21. The lowest BCUT2D eigenvalue weighted by atomic mass is 10.1. The topological polar surface area (TPSA) is 119 Å². The van der Waals surface area contributed by atoms with Crippen molar-refractivity contribution in [2.75, 3.05) is 13.7 Å². The number of sulfonamides is 1. The standard InChI is InChI=1S/C25H28ClN3O6S/c1-3-4-10-22-27-20-8-5-7-18(25(32)35-2)23(20)28(22)15-16-11-12-17(14-19(16)26)36(33,34)29-13-6-9-21(29)24(30)31/h5,7-8,11-12,14,21H,3-4,6,9-10,13,15H2,1-2H3,(H,30,31). The number of methoxy groups -OCH3 is 1. The predicted octanol–water partition coefficient (Wildman–Crippen LogP) is 4.10. The Balaban J connectivity index is 1.74. The number of carboxylic acid groups (broad SMARTS) is 1. The Morgan fingerprint density at radius 1 is 1.25 bits per heavy atom. The lowest BCUT2D eigenvalue weighted by molar-refractivity contribution is -0.140. The second-order valence-electron chi connectivity index (χ2n) is 8.75. The zero-order valence-electron chi connectivity index (χ0n) is 20.1. The number of unbranched alkanes of at least 4 members (excludes halogenated alkanes) is 1. The molecule has 1 atom stereocenters. The van der Waals surface area contributed by atoms with E-state index in [-0.39, 0.29) is 29.4 Å². The van der Waals surface area contributed by atoms with Gasteiger partial charge in [-0.2, -0.15) is 4.31 Å². The summed E-state index contributed by atoms with van der Waals surface area (Å²) in [7, 11) is -2.70. The number of aliphatic carboxylic acids is 1. The van der Waals surface area contributed by atoms with Crippen molar-refractivity contribution in [1.29, 1.82) is 0 Å². The van der Waals surface area contributed by atoms with Crippen LogP contribution in [0.1, 0.15) is 54.4 Å². The van der Waals surface area contributed by atoms with Crippen LogP contribution >= 0.6 is 11.6 Å². The van der Waals surface area contributed by atoms with Crippen LogP contribution in [0.5, 0.6) is 0 Å². The van der Waals surface area contributed by atoms with E-state index in [1.54, 1.807) is 18.2 Å². The van der Waals surface area contributed by atoms with E-state index >= 15 is 0 Å². The first kappa shape index (κ1) is 26.1. The first-order valence-corrected chi connectivity index (χ1v) is 13.6. The number of carboxylic acids is 1. The first-order chi connectivity index (χ1) is 17.2. The van der Waals surface area contributed by atoms with Crippen LogP contribution in [0.4, 0.5) is 0 Å². The van der Waals surface area contributed by atoms with Gasteiger partial charge in [-0.3, -0.25) is 4.79 Å². The molecule has 0 bridgehead atoms. The van der Waals surface area contributed by atoms with E-state index in [1.165, 1.54) is 19.2 Å². The summed E-state index contributed by atoms with van der Waals surface area (Å²) < 4.78 is 34.3.